The number of rotatable bonds is 1. The quantitative estimate of drug-likeness (QED) is 0.467. The van der Waals surface area contributed by atoms with Crippen LogP contribution in [0.3, 0.4) is 0 Å². The molecule has 1 aromatic heterocycles. The van der Waals surface area contributed by atoms with Gasteiger partial charge in [0, 0.05) is 10.9 Å². The van der Waals surface area contributed by atoms with Gasteiger partial charge in [0.05, 0.1) is 5.56 Å². The Morgan fingerprint density at radius 2 is 1.60 bits per heavy atom. The molecule has 0 bridgehead atoms. The van der Waals surface area contributed by atoms with E-state index in [1.807, 2.05) is 0 Å². The van der Waals surface area contributed by atoms with E-state index in [9.17, 15) is 20.1 Å². The number of phenols is 3. The van der Waals surface area contributed by atoms with Crippen molar-refractivity contribution in [3.63, 3.8) is 0 Å². The van der Waals surface area contributed by atoms with Crippen molar-refractivity contribution < 1.29 is 19.7 Å². The fourth-order valence-corrected chi connectivity index (χ4v) is 2.05. The topological polar surface area (TPSA) is 90.9 Å². The molecule has 3 N–H and O–H groups in total. The molecule has 0 aliphatic heterocycles. The second-order valence-corrected chi connectivity index (χ2v) is 4.32. The van der Waals surface area contributed by atoms with E-state index in [0.29, 0.717) is 10.9 Å². The summed E-state index contributed by atoms with van der Waals surface area (Å²) in [6, 6.07) is 10.7. The van der Waals surface area contributed by atoms with Gasteiger partial charge in [0.25, 0.3) is 0 Å². The number of fused-ring (bicyclic) bond motifs is 1. The van der Waals surface area contributed by atoms with Gasteiger partial charge >= 0.3 is 5.63 Å². The molecule has 0 spiro atoms. The van der Waals surface area contributed by atoms with Crippen molar-refractivity contribution in [2.24, 2.45) is 0 Å². The van der Waals surface area contributed by atoms with Gasteiger partial charge in [-0.3, -0.25) is 0 Å². The predicted octanol–water partition coefficient (Wildman–Crippen LogP) is 2.58. The number of phenolic OH excluding ortho intramolecular Hbond substituents is 3. The zero-order valence-corrected chi connectivity index (χ0v) is 10.2. The Bertz CT molecular complexity index is 864. The second kappa shape index (κ2) is 4.31. The smallest absolute Gasteiger partial charge is 0.344 e. The molecule has 0 aliphatic rings. The Morgan fingerprint density at radius 1 is 0.850 bits per heavy atom. The monoisotopic (exact) mass is 270 g/mol. The second-order valence-electron chi connectivity index (χ2n) is 4.32. The molecular weight excluding hydrogens is 260 g/mol. The molecule has 0 aliphatic carbocycles. The van der Waals surface area contributed by atoms with Gasteiger partial charge in [-0.1, -0.05) is 18.2 Å². The van der Waals surface area contributed by atoms with Gasteiger partial charge in [0.15, 0.2) is 11.3 Å². The summed E-state index contributed by atoms with van der Waals surface area (Å²) in [5, 5.41) is 29.3. The van der Waals surface area contributed by atoms with Crippen LogP contribution in [0.25, 0.3) is 22.1 Å². The number of hydrogen-bond donors (Lipinski definition) is 3. The van der Waals surface area contributed by atoms with E-state index in [2.05, 4.69) is 0 Å². The van der Waals surface area contributed by atoms with Crippen LogP contribution in [-0.2, 0) is 0 Å². The summed E-state index contributed by atoms with van der Waals surface area (Å²) >= 11 is 0. The van der Waals surface area contributed by atoms with Gasteiger partial charge in [-0.25, -0.2) is 4.79 Å². The molecule has 0 unspecified atom stereocenters. The molecule has 0 fully saturated rings. The van der Waals surface area contributed by atoms with Crippen LogP contribution in [0.1, 0.15) is 0 Å². The lowest BCUT2D eigenvalue weighted by atomic mass is 10.0. The largest absolute Gasteiger partial charge is 0.507 e. The lowest BCUT2D eigenvalue weighted by Gasteiger charge is -2.06. The molecule has 0 saturated carbocycles. The van der Waals surface area contributed by atoms with Crippen LogP contribution >= 0.6 is 0 Å². The fraction of sp³-hybridized carbons (Fsp3) is 0. The van der Waals surface area contributed by atoms with E-state index in [1.54, 1.807) is 18.2 Å². The van der Waals surface area contributed by atoms with Crippen molar-refractivity contribution >= 4 is 11.0 Å². The molecule has 0 amide bonds. The van der Waals surface area contributed by atoms with Crippen LogP contribution in [0.5, 0.6) is 17.2 Å². The lowest BCUT2D eigenvalue weighted by Crippen LogP contribution is -2.02. The zero-order chi connectivity index (χ0) is 14.3. The molecule has 5 heteroatoms. The van der Waals surface area contributed by atoms with Crippen molar-refractivity contribution in [3.8, 4) is 28.4 Å². The fourth-order valence-electron chi connectivity index (χ4n) is 2.05. The molecule has 1 heterocycles. The van der Waals surface area contributed by atoms with Gasteiger partial charge in [-0.05, 0) is 24.3 Å². The van der Waals surface area contributed by atoms with Crippen LogP contribution < -0.4 is 5.63 Å². The molecule has 100 valence electrons. The Morgan fingerprint density at radius 3 is 2.35 bits per heavy atom. The average molecular weight is 270 g/mol. The molecule has 0 atom stereocenters. The highest BCUT2D eigenvalue weighted by atomic mass is 16.4. The summed E-state index contributed by atoms with van der Waals surface area (Å²) in [5.41, 5.74) is -0.273. The summed E-state index contributed by atoms with van der Waals surface area (Å²) in [6.45, 7) is 0. The third kappa shape index (κ3) is 1.76. The van der Waals surface area contributed by atoms with Crippen molar-refractivity contribution in [3.05, 3.63) is 52.9 Å². The van der Waals surface area contributed by atoms with E-state index < -0.39 is 11.4 Å². The first-order valence-corrected chi connectivity index (χ1v) is 5.85. The maximum atomic E-state index is 12.0. The number of aromatic hydroxyl groups is 3. The number of hydrogen-bond acceptors (Lipinski definition) is 5. The SMILES string of the molecule is O=c1oc2c(O)c(O)ccc2cc1-c1ccccc1O. The van der Waals surface area contributed by atoms with Crippen molar-refractivity contribution in [2.45, 2.75) is 0 Å². The summed E-state index contributed by atoms with van der Waals surface area (Å²) in [7, 11) is 0. The first-order chi connectivity index (χ1) is 9.58. The highest BCUT2D eigenvalue weighted by Crippen LogP contribution is 2.35. The van der Waals surface area contributed by atoms with Crippen molar-refractivity contribution in [1.82, 2.24) is 0 Å². The van der Waals surface area contributed by atoms with Gasteiger partial charge in [-0.15, -0.1) is 0 Å². The van der Waals surface area contributed by atoms with E-state index in [0.717, 1.165) is 0 Å². The molecule has 5 nitrogen and oxygen atoms in total. The molecule has 20 heavy (non-hydrogen) atoms. The standard InChI is InChI=1S/C15H10O5/c16-11-4-2-1-3-9(11)10-7-8-5-6-12(17)13(18)14(8)20-15(10)19/h1-7,16-18H. The predicted molar refractivity (Wildman–Crippen MR) is 72.9 cm³/mol. The maximum absolute atomic E-state index is 12.0. The van der Waals surface area contributed by atoms with Crippen LogP contribution in [0, 0.1) is 0 Å². The van der Waals surface area contributed by atoms with E-state index in [4.69, 9.17) is 4.42 Å². The molecule has 2 aromatic carbocycles. The lowest BCUT2D eigenvalue weighted by molar-refractivity contribution is 0.397. The summed E-state index contributed by atoms with van der Waals surface area (Å²) in [6.07, 6.45) is 0. The molecular formula is C15H10O5. The van der Waals surface area contributed by atoms with E-state index in [1.165, 1.54) is 24.3 Å². The highest BCUT2D eigenvalue weighted by Gasteiger charge is 2.14. The summed E-state index contributed by atoms with van der Waals surface area (Å²) in [4.78, 5) is 12.0. The average Bonchev–Trinajstić information content (AvgIpc) is 2.44. The van der Waals surface area contributed by atoms with Crippen molar-refractivity contribution in [2.75, 3.05) is 0 Å². The van der Waals surface area contributed by atoms with Crippen LogP contribution in [0.15, 0.2) is 51.7 Å². The Hall–Kier alpha value is -2.95. The van der Waals surface area contributed by atoms with Crippen molar-refractivity contribution in [1.29, 1.82) is 0 Å². The number of para-hydroxylation sites is 1. The molecule has 3 rings (SSSR count). The van der Waals surface area contributed by atoms with Crippen LogP contribution in [-0.4, -0.2) is 15.3 Å². The van der Waals surface area contributed by atoms with Gasteiger partial charge in [0.1, 0.15) is 5.75 Å². The minimum atomic E-state index is -0.708. The van der Waals surface area contributed by atoms with Crippen LogP contribution in [0.4, 0.5) is 0 Å². The highest BCUT2D eigenvalue weighted by molar-refractivity contribution is 5.88. The minimum absolute atomic E-state index is 0.0397. The van der Waals surface area contributed by atoms with Gasteiger partial charge in [-0.2, -0.15) is 0 Å². The summed E-state index contributed by atoms with van der Waals surface area (Å²) < 4.78 is 5.04. The molecule has 0 radical (unpaired) electrons. The first-order valence-electron chi connectivity index (χ1n) is 5.85. The summed E-state index contributed by atoms with van der Waals surface area (Å²) in [5.74, 6) is -0.887. The first kappa shape index (κ1) is 12.1. The number of benzene rings is 2. The molecule has 3 aromatic rings. The zero-order valence-electron chi connectivity index (χ0n) is 10.2. The maximum Gasteiger partial charge on any atom is 0.344 e. The molecule has 0 saturated heterocycles. The van der Waals surface area contributed by atoms with Crippen LogP contribution in [0.2, 0.25) is 0 Å². The van der Waals surface area contributed by atoms with Gasteiger partial charge < -0.3 is 19.7 Å². The Balaban J connectivity index is 2.35. The third-order valence-corrected chi connectivity index (χ3v) is 3.05. The van der Waals surface area contributed by atoms with E-state index in [-0.39, 0.29) is 22.6 Å². The third-order valence-electron chi connectivity index (χ3n) is 3.05. The Kier molecular flexibility index (Phi) is 2.61. The normalized spacial score (nSPS) is 10.8. The minimum Gasteiger partial charge on any atom is -0.507 e. The van der Waals surface area contributed by atoms with E-state index >= 15 is 0 Å². The Labute approximate surface area is 113 Å². The van der Waals surface area contributed by atoms with Gasteiger partial charge in [0.2, 0.25) is 5.75 Å².